The molecule has 1 rings (SSSR count). The van der Waals surface area contributed by atoms with Crippen LogP contribution < -0.4 is 9.47 Å². The third-order valence-electron chi connectivity index (χ3n) is 3.63. The minimum atomic E-state index is 0.194. The second-order valence-corrected chi connectivity index (χ2v) is 6.68. The van der Waals surface area contributed by atoms with Crippen LogP contribution in [-0.4, -0.2) is 37.3 Å². The smallest absolute Gasteiger partial charge is 0.125 e. The van der Waals surface area contributed by atoms with Crippen LogP contribution in [0.15, 0.2) is 27.9 Å². The van der Waals surface area contributed by atoms with Crippen molar-refractivity contribution in [2.24, 2.45) is 5.16 Å². The lowest BCUT2D eigenvalue weighted by molar-refractivity contribution is 0.148. The lowest BCUT2D eigenvalue weighted by Gasteiger charge is -2.17. The van der Waals surface area contributed by atoms with E-state index in [2.05, 4.69) is 19.0 Å². The maximum absolute atomic E-state index is 8.56. The van der Waals surface area contributed by atoms with Crippen molar-refractivity contribution in [3.63, 3.8) is 0 Å². The van der Waals surface area contributed by atoms with Crippen LogP contribution >= 0.6 is 23.2 Å². The molecule has 0 aliphatic heterocycles. The highest BCUT2D eigenvalue weighted by atomic mass is 35.5. The van der Waals surface area contributed by atoms with Crippen molar-refractivity contribution >= 4 is 28.9 Å². The Bertz CT molecular complexity index is 589. The standard InChI is InChI=1S/C19H27Cl2NO4/c1-4-15-11-17(25-10-7-18(20)21)12-16(5-2)19(15)26-9-6-8-24-13-14(3)22-23/h7,11-12,23H,4-6,8-10,13H2,1-3H3. The Balaban J connectivity index is 2.64. The molecule has 0 heterocycles. The zero-order chi connectivity index (χ0) is 19.4. The highest BCUT2D eigenvalue weighted by Gasteiger charge is 2.11. The van der Waals surface area contributed by atoms with Gasteiger partial charge in [0.25, 0.3) is 0 Å². The van der Waals surface area contributed by atoms with E-state index in [0.717, 1.165) is 41.9 Å². The molecular weight excluding hydrogens is 377 g/mol. The van der Waals surface area contributed by atoms with Gasteiger partial charge in [-0.05, 0) is 49.1 Å². The van der Waals surface area contributed by atoms with Gasteiger partial charge < -0.3 is 19.4 Å². The number of nitrogens with zero attached hydrogens (tertiary/aromatic N) is 1. The van der Waals surface area contributed by atoms with Crippen LogP contribution in [0.5, 0.6) is 11.5 Å². The summed E-state index contributed by atoms with van der Waals surface area (Å²) in [4.78, 5) is 0. The van der Waals surface area contributed by atoms with Crippen molar-refractivity contribution < 1.29 is 19.4 Å². The molecule has 0 spiro atoms. The topological polar surface area (TPSA) is 60.3 Å². The van der Waals surface area contributed by atoms with Crippen molar-refractivity contribution in [3.05, 3.63) is 33.8 Å². The minimum Gasteiger partial charge on any atom is -0.493 e. The molecule has 1 aromatic rings. The lowest BCUT2D eigenvalue weighted by Crippen LogP contribution is -2.10. The summed E-state index contributed by atoms with van der Waals surface area (Å²) in [6, 6.07) is 3.98. The van der Waals surface area contributed by atoms with E-state index < -0.39 is 0 Å². The zero-order valence-corrected chi connectivity index (χ0v) is 17.1. The van der Waals surface area contributed by atoms with Crippen molar-refractivity contribution in [2.75, 3.05) is 26.4 Å². The molecule has 0 aliphatic rings. The van der Waals surface area contributed by atoms with Gasteiger partial charge in [0.05, 0.1) is 25.5 Å². The average molecular weight is 404 g/mol. The summed E-state index contributed by atoms with van der Waals surface area (Å²) in [5.41, 5.74) is 2.75. The number of oxime groups is 1. The quantitative estimate of drug-likeness (QED) is 0.227. The van der Waals surface area contributed by atoms with E-state index in [1.165, 1.54) is 0 Å². The number of benzene rings is 1. The number of ether oxygens (including phenoxy) is 3. The molecule has 0 unspecified atom stereocenters. The van der Waals surface area contributed by atoms with Gasteiger partial charge in [-0.3, -0.25) is 0 Å². The zero-order valence-electron chi connectivity index (χ0n) is 15.6. The van der Waals surface area contributed by atoms with Crippen LogP contribution in [0.4, 0.5) is 0 Å². The molecule has 0 aromatic heterocycles. The first kappa shape index (κ1) is 22.6. The Kier molecular flexibility index (Phi) is 11.2. The third-order valence-corrected chi connectivity index (χ3v) is 3.94. The normalized spacial score (nSPS) is 11.3. The van der Waals surface area contributed by atoms with Gasteiger partial charge in [0.15, 0.2) is 0 Å². The van der Waals surface area contributed by atoms with E-state index in [4.69, 9.17) is 42.6 Å². The van der Waals surface area contributed by atoms with Gasteiger partial charge in [-0.2, -0.15) is 0 Å². The minimum absolute atomic E-state index is 0.194. The number of hydrogen-bond acceptors (Lipinski definition) is 5. The van der Waals surface area contributed by atoms with E-state index in [1.807, 2.05) is 12.1 Å². The van der Waals surface area contributed by atoms with E-state index in [0.29, 0.717) is 32.1 Å². The fraction of sp³-hybridized carbons (Fsp3) is 0.526. The molecule has 0 bridgehead atoms. The monoisotopic (exact) mass is 403 g/mol. The summed E-state index contributed by atoms with van der Waals surface area (Å²) >= 11 is 11.2. The van der Waals surface area contributed by atoms with E-state index in [1.54, 1.807) is 13.0 Å². The lowest BCUT2D eigenvalue weighted by atomic mass is 10.0. The second kappa shape index (κ2) is 12.8. The van der Waals surface area contributed by atoms with Crippen molar-refractivity contribution in [3.8, 4) is 11.5 Å². The molecule has 5 nitrogen and oxygen atoms in total. The molecule has 0 saturated carbocycles. The number of rotatable bonds is 12. The Morgan fingerprint density at radius 1 is 1.12 bits per heavy atom. The Labute approximate surface area is 165 Å². The first-order chi connectivity index (χ1) is 12.5. The number of aryl methyl sites for hydroxylation is 2. The van der Waals surface area contributed by atoms with Crippen molar-refractivity contribution in [1.82, 2.24) is 0 Å². The van der Waals surface area contributed by atoms with Gasteiger partial charge in [-0.25, -0.2) is 0 Å². The second-order valence-electron chi connectivity index (χ2n) is 5.67. The first-order valence-corrected chi connectivity index (χ1v) is 9.45. The summed E-state index contributed by atoms with van der Waals surface area (Å²) in [6.45, 7) is 7.62. The van der Waals surface area contributed by atoms with E-state index >= 15 is 0 Å². The molecule has 0 saturated heterocycles. The highest BCUT2D eigenvalue weighted by Crippen LogP contribution is 2.31. The van der Waals surface area contributed by atoms with E-state index in [9.17, 15) is 0 Å². The SMILES string of the molecule is CCc1cc(OCC=C(Cl)Cl)cc(CC)c1OCCCOCC(C)=NO. The Morgan fingerprint density at radius 2 is 1.77 bits per heavy atom. The molecule has 1 aromatic carbocycles. The Hall–Kier alpha value is -1.43. The van der Waals surface area contributed by atoms with Crippen LogP contribution in [0.25, 0.3) is 0 Å². The third kappa shape index (κ3) is 8.30. The molecule has 0 fully saturated rings. The molecule has 0 radical (unpaired) electrons. The summed E-state index contributed by atoms with van der Waals surface area (Å²) in [6.07, 6.45) is 4.04. The van der Waals surface area contributed by atoms with Gasteiger partial charge in [-0.15, -0.1) is 0 Å². The van der Waals surface area contributed by atoms with Gasteiger partial charge in [0, 0.05) is 6.42 Å². The van der Waals surface area contributed by atoms with Crippen LogP contribution in [0.2, 0.25) is 0 Å². The molecule has 146 valence electrons. The predicted octanol–water partition coefficient (Wildman–Crippen LogP) is 5.14. The molecule has 0 amide bonds. The summed E-state index contributed by atoms with van der Waals surface area (Å²) < 4.78 is 17.3. The molecule has 7 heteroatoms. The van der Waals surface area contributed by atoms with Gasteiger partial charge in [0.2, 0.25) is 0 Å². The molecule has 26 heavy (non-hydrogen) atoms. The molecule has 0 aliphatic carbocycles. The maximum atomic E-state index is 8.56. The Morgan fingerprint density at radius 3 is 2.31 bits per heavy atom. The average Bonchev–Trinajstić information content (AvgIpc) is 2.63. The van der Waals surface area contributed by atoms with Crippen LogP contribution in [0.1, 0.15) is 38.3 Å². The van der Waals surface area contributed by atoms with Gasteiger partial charge in [0.1, 0.15) is 22.6 Å². The highest BCUT2D eigenvalue weighted by molar-refractivity contribution is 6.55. The van der Waals surface area contributed by atoms with Crippen LogP contribution in [0.3, 0.4) is 0 Å². The fourth-order valence-corrected chi connectivity index (χ4v) is 2.43. The summed E-state index contributed by atoms with van der Waals surface area (Å²) in [5.74, 6) is 1.69. The molecular formula is C19H27Cl2NO4. The molecule has 0 atom stereocenters. The van der Waals surface area contributed by atoms with Gasteiger partial charge in [-0.1, -0.05) is 42.2 Å². The van der Waals surface area contributed by atoms with Crippen molar-refractivity contribution in [1.29, 1.82) is 0 Å². The van der Waals surface area contributed by atoms with Crippen LogP contribution in [-0.2, 0) is 17.6 Å². The predicted molar refractivity (Wildman–Crippen MR) is 106 cm³/mol. The fourth-order valence-electron chi connectivity index (χ4n) is 2.30. The summed E-state index contributed by atoms with van der Waals surface area (Å²) in [7, 11) is 0. The largest absolute Gasteiger partial charge is 0.493 e. The van der Waals surface area contributed by atoms with Crippen LogP contribution in [0, 0.1) is 0 Å². The first-order valence-electron chi connectivity index (χ1n) is 8.69. The summed E-state index contributed by atoms with van der Waals surface area (Å²) in [5, 5.41) is 11.6. The van der Waals surface area contributed by atoms with E-state index in [-0.39, 0.29) is 4.49 Å². The number of hydrogen-bond donors (Lipinski definition) is 1. The maximum Gasteiger partial charge on any atom is 0.125 e. The van der Waals surface area contributed by atoms with Crippen molar-refractivity contribution in [2.45, 2.75) is 40.0 Å². The van der Waals surface area contributed by atoms with Gasteiger partial charge >= 0.3 is 0 Å². The number of halogens is 2. The molecule has 1 N–H and O–H groups in total.